The molecule has 2 aliphatic rings. The second kappa shape index (κ2) is 2.48. The van der Waals surface area contributed by atoms with Crippen LogP contribution < -0.4 is 0 Å². The lowest BCUT2D eigenvalue weighted by Crippen LogP contribution is -2.35. The number of fused-ring (bicyclic) bond motifs is 1. The second-order valence-corrected chi connectivity index (χ2v) is 4.53. The van der Waals surface area contributed by atoms with Crippen molar-refractivity contribution in [1.29, 1.82) is 0 Å². The molecule has 2 rings (SSSR count). The summed E-state index contributed by atoms with van der Waals surface area (Å²) in [6.07, 6.45) is 2.99. The molecule has 1 aliphatic carbocycles. The SMILES string of the molecule is CC(C)N1C[C@H]2CC[C@H]2C1C. The molecule has 0 aromatic heterocycles. The molecule has 0 amide bonds. The van der Waals surface area contributed by atoms with Crippen molar-refractivity contribution in [2.75, 3.05) is 6.54 Å². The summed E-state index contributed by atoms with van der Waals surface area (Å²) < 4.78 is 0. The minimum absolute atomic E-state index is 0.760. The average molecular weight is 153 g/mol. The summed E-state index contributed by atoms with van der Waals surface area (Å²) in [5.74, 6) is 2.12. The van der Waals surface area contributed by atoms with Gasteiger partial charge in [-0.3, -0.25) is 4.90 Å². The zero-order valence-electron chi connectivity index (χ0n) is 7.88. The maximum atomic E-state index is 2.67. The molecule has 1 aliphatic heterocycles. The molecular formula is C10H19N. The van der Waals surface area contributed by atoms with Crippen LogP contribution in [0.3, 0.4) is 0 Å². The molecule has 2 fully saturated rings. The Morgan fingerprint density at radius 2 is 2.00 bits per heavy atom. The molecule has 3 atom stereocenters. The molecule has 0 bridgehead atoms. The first kappa shape index (κ1) is 7.60. The van der Waals surface area contributed by atoms with Gasteiger partial charge in [0.15, 0.2) is 0 Å². The molecule has 0 N–H and O–H groups in total. The largest absolute Gasteiger partial charge is 0.298 e. The first-order valence-electron chi connectivity index (χ1n) is 4.96. The number of hydrogen-bond donors (Lipinski definition) is 0. The molecule has 64 valence electrons. The molecule has 0 radical (unpaired) electrons. The van der Waals surface area contributed by atoms with Crippen molar-refractivity contribution in [2.45, 2.75) is 45.7 Å². The number of rotatable bonds is 1. The van der Waals surface area contributed by atoms with Gasteiger partial charge >= 0.3 is 0 Å². The van der Waals surface area contributed by atoms with E-state index in [1.165, 1.54) is 19.4 Å². The van der Waals surface area contributed by atoms with Gasteiger partial charge < -0.3 is 0 Å². The molecule has 1 heteroatoms. The molecule has 0 spiro atoms. The number of nitrogens with zero attached hydrogens (tertiary/aromatic N) is 1. The highest BCUT2D eigenvalue weighted by Crippen LogP contribution is 2.45. The van der Waals surface area contributed by atoms with Crippen molar-refractivity contribution in [3.8, 4) is 0 Å². The van der Waals surface area contributed by atoms with Gasteiger partial charge in [0.2, 0.25) is 0 Å². The molecule has 0 aromatic rings. The maximum Gasteiger partial charge on any atom is 0.0101 e. The van der Waals surface area contributed by atoms with Crippen LogP contribution in [-0.2, 0) is 0 Å². The normalized spacial score (nSPS) is 44.2. The Morgan fingerprint density at radius 3 is 2.27 bits per heavy atom. The molecule has 1 unspecified atom stereocenters. The summed E-state index contributed by atoms with van der Waals surface area (Å²) in [5, 5.41) is 0. The van der Waals surface area contributed by atoms with E-state index >= 15 is 0 Å². The lowest BCUT2D eigenvalue weighted by molar-refractivity contribution is 0.179. The van der Waals surface area contributed by atoms with E-state index in [9.17, 15) is 0 Å². The lowest BCUT2D eigenvalue weighted by atomic mass is 9.73. The van der Waals surface area contributed by atoms with Crippen molar-refractivity contribution < 1.29 is 0 Å². The third kappa shape index (κ3) is 1.01. The summed E-state index contributed by atoms with van der Waals surface area (Å²) >= 11 is 0. The summed E-state index contributed by atoms with van der Waals surface area (Å²) in [7, 11) is 0. The first-order valence-corrected chi connectivity index (χ1v) is 4.96. The summed E-state index contributed by atoms with van der Waals surface area (Å²) in [4.78, 5) is 2.67. The third-order valence-electron chi connectivity index (χ3n) is 3.73. The average Bonchev–Trinajstić information content (AvgIpc) is 2.03. The van der Waals surface area contributed by atoms with Crippen LogP contribution in [0.15, 0.2) is 0 Å². The van der Waals surface area contributed by atoms with E-state index in [-0.39, 0.29) is 0 Å². The standard InChI is InChI=1S/C10H19N/c1-7(2)11-6-9-4-5-10(9)8(11)3/h7-10H,4-6H2,1-3H3/t8?,9-,10+/m1/s1. The predicted molar refractivity (Wildman–Crippen MR) is 47.5 cm³/mol. The van der Waals surface area contributed by atoms with Gasteiger partial charge in [-0.2, -0.15) is 0 Å². The van der Waals surface area contributed by atoms with Gasteiger partial charge in [-0.25, -0.2) is 0 Å². The molecule has 1 heterocycles. The van der Waals surface area contributed by atoms with Gasteiger partial charge in [0.25, 0.3) is 0 Å². The fourth-order valence-electron chi connectivity index (χ4n) is 2.82. The molecule has 0 aromatic carbocycles. The number of likely N-dealkylation sites (tertiary alicyclic amines) is 1. The van der Waals surface area contributed by atoms with Gasteiger partial charge in [0.05, 0.1) is 0 Å². The monoisotopic (exact) mass is 153 g/mol. The van der Waals surface area contributed by atoms with Crippen LogP contribution in [-0.4, -0.2) is 23.5 Å². The highest BCUT2D eigenvalue weighted by atomic mass is 15.2. The van der Waals surface area contributed by atoms with Crippen LogP contribution in [0, 0.1) is 11.8 Å². The smallest absolute Gasteiger partial charge is 0.0101 e. The Hall–Kier alpha value is -0.0400. The Balaban J connectivity index is 2.03. The summed E-state index contributed by atoms with van der Waals surface area (Å²) in [6, 6.07) is 1.63. The van der Waals surface area contributed by atoms with E-state index in [0.29, 0.717) is 0 Å². The van der Waals surface area contributed by atoms with Crippen molar-refractivity contribution in [3.05, 3.63) is 0 Å². The minimum atomic E-state index is 0.760. The third-order valence-corrected chi connectivity index (χ3v) is 3.73. The number of hydrogen-bond acceptors (Lipinski definition) is 1. The van der Waals surface area contributed by atoms with E-state index in [0.717, 1.165) is 23.9 Å². The Bertz CT molecular complexity index is 153. The fourth-order valence-corrected chi connectivity index (χ4v) is 2.82. The Kier molecular flexibility index (Phi) is 1.71. The van der Waals surface area contributed by atoms with Crippen LogP contribution >= 0.6 is 0 Å². The van der Waals surface area contributed by atoms with Crippen molar-refractivity contribution >= 4 is 0 Å². The van der Waals surface area contributed by atoms with E-state index in [1.807, 2.05) is 0 Å². The van der Waals surface area contributed by atoms with Crippen LogP contribution in [0.4, 0.5) is 0 Å². The zero-order chi connectivity index (χ0) is 8.01. The lowest BCUT2D eigenvalue weighted by Gasteiger charge is -2.32. The van der Waals surface area contributed by atoms with Gasteiger partial charge in [-0.15, -0.1) is 0 Å². The fraction of sp³-hybridized carbons (Fsp3) is 1.00. The quantitative estimate of drug-likeness (QED) is 0.558. The van der Waals surface area contributed by atoms with E-state index < -0.39 is 0 Å². The van der Waals surface area contributed by atoms with Crippen molar-refractivity contribution in [2.24, 2.45) is 11.8 Å². The van der Waals surface area contributed by atoms with Crippen LogP contribution in [0.1, 0.15) is 33.6 Å². The van der Waals surface area contributed by atoms with Gasteiger partial charge in [-0.1, -0.05) is 0 Å². The van der Waals surface area contributed by atoms with Crippen molar-refractivity contribution in [1.82, 2.24) is 4.90 Å². The maximum absolute atomic E-state index is 2.67. The first-order chi connectivity index (χ1) is 5.20. The molecule has 11 heavy (non-hydrogen) atoms. The predicted octanol–water partition coefficient (Wildman–Crippen LogP) is 2.13. The van der Waals surface area contributed by atoms with Crippen LogP contribution in [0.2, 0.25) is 0 Å². The van der Waals surface area contributed by atoms with Gasteiger partial charge in [-0.05, 0) is 45.4 Å². The topological polar surface area (TPSA) is 3.24 Å². The minimum Gasteiger partial charge on any atom is -0.298 e. The molecule has 1 saturated carbocycles. The van der Waals surface area contributed by atoms with Crippen molar-refractivity contribution in [3.63, 3.8) is 0 Å². The summed E-state index contributed by atoms with van der Waals surface area (Å²) in [5.41, 5.74) is 0. The molecular weight excluding hydrogens is 134 g/mol. The second-order valence-electron chi connectivity index (χ2n) is 4.53. The summed E-state index contributed by atoms with van der Waals surface area (Å²) in [6.45, 7) is 8.43. The Labute approximate surface area is 69.8 Å². The van der Waals surface area contributed by atoms with Gasteiger partial charge in [0.1, 0.15) is 0 Å². The molecule has 1 saturated heterocycles. The van der Waals surface area contributed by atoms with E-state index in [1.54, 1.807) is 0 Å². The van der Waals surface area contributed by atoms with E-state index in [4.69, 9.17) is 0 Å². The Morgan fingerprint density at radius 1 is 1.27 bits per heavy atom. The highest BCUT2D eigenvalue weighted by molar-refractivity contribution is 4.97. The van der Waals surface area contributed by atoms with Crippen LogP contribution in [0.5, 0.6) is 0 Å². The van der Waals surface area contributed by atoms with Crippen LogP contribution in [0.25, 0.3) is 0 Å². The highest BCUT2D eigenvalue weighted by Gasteiger charge is 2.44. The van der Waals surface area contributed by atoms with Gasteiger partial charge in [0, 0.05) is 18.6 Å². The zero-order valence-corrected chi connectivity index (χ0v) is 7.88. The molecule has 1 nitrogen and oxygen atoms in total. The van der Waals surface area contributed by atoms with E-state index in [2.05, 4.69) is 25.7 Å².